The van der Waals surface area contributed by atoms with E-state index in [2.05, 4.69) is 33.0 Å². The lowest BCUT2D eigenvalue weighted by Gasteiger charge is -2.65. The van der Waals surface area contributed by atoms with E-state index in [9.17, 15) is 0 Å². The van der Waals surface area contributed by atoms with Gasteiger partial charge in [-0.3, -0.25) is 0 Å². The molecule has 4 rings (SSSR count). The summed E-state index contributed by atoms with van der Waals surface area (Å²) in [6, 6.07) is 0. The molecule has 0 spiro atoms. The summed E-state index contributed by atoms with van der Waals surface area (Å²) in [5.74, 6) is 3.91. The van der Waals surface area contributed by atoms with Crippen LogP contribution in [0.25, 0.3) is 0 Å². The fraction of sp³-hybridized carbons (Fsp3) is 1.00. The molecule has 0 radical (unpaired) electrons. The van der Waals surface area contributed by atoms with Crippen LogP contribution in [-0.2, 0) is 14.2 Å². The molecule has 7 heteroatoms. The molecule has 11 atom stereocenters. The van der Waals surface area contributed by atoms with Crippen LogP contribution in [0.1, 0.15) is 182 Å². The Hall–Kier alpha value is -0.280. The Morgan fingerprint density at radius 1 is 0.630 bits per heavy atom. The molecule has 0 aliphatic heterocycles. The van der Waals surface area contributed by atoms with E-state index >= 15 is 0 Å². The quantitative estimate of drug-likeness (QED) is 0.0539. The number of nitrogens with two attached hydrogens (primary N) is 3. The summed E-state index contributed by atoms with van der Waals surface area (Å²) >= 11 is 0. The van der Waals surface area contributed by atoms with E-state index in [0.29, 0.717) is 78.9 Å². The van der Waals surface area contributed by atoms with Crippen molar-refractivity contribution in [3.63, 3.8) is 0 Å². The van der Waals surface area contributed by atoms with Crippen molar-refractivity contribution >= 4 is 0 Å². The average Bonchev–Trinajstić information content (AvgIpc) is 3.53. The van der Waals surface area contributed by atoms with Crippen LogP contribution < -0.4 is 22.5 Å². The van der Waals surface area contributed by atoms with Crippen LogP contribution in [0, 0.1) is 46.3 Å². The zero-order valence-electron chi connectivity index (χ0n) is 36.3. The van der Waals surface area contributed by atoms with Crippen LogP contribution in [0.2, 0.25) is 0 Å². The molecular weight excluding hydrogens is 669 g/mol. The van der Waals surface area contributed by atoms with Crippen molar-refractivity contribution in [1.29, 1.82) is 0 Å². The molecule has 0 aromatic heterocycles. The first kappa shape index (κ1) is 46.4. The smallest absolute Gasteiger partial charge is 0.0637 e. The molecule has 0 amide bonds. The molecule has 318 valence electrons. The van der Waals surface area contributed by atoms with Crippen molar-refractivity contribution in [2.24, 2.45) is 63.5 Å². The normalized spacial score (nSPS) is 34.1. The Bertz CT molecular complexity index is 971. The third kappa shape index (κ3) is 12.9. The summed E-state index contributed by atoms with van der Waals surface area (Å²) in [6.45, 7) is 17.0. The number of unbranched alkanes of at least 4 members (excludes halogenated alkanes) is 11. The summed E-state index contributed by atoms with van der Waals surface area (Å²) in [7, 11) is 0. The predicted molar refractivity (Wildman–Crippen MR) is 229 cm³/mol. The van der Waals surface area contributed by atoms with Crippen molar-refractivity contribution in [3.05, 3.63) is 0 Å². The van der Waals surface area contributed by atoms with Crippen LogP contribution in [0.4, 0.5) is 0 Å². The molecule has 4 aliphatic carbocycles. The summed E-state index contributed by atoms with van der Waals surface area (Å²) in [5.41, 5.74) is 18.3. The lowest BCUT2D eigenvalue weighted by atomic mass is 9.43. The van der Waals surface area contributed by atoms with Gasteiger partial charge in [0.1, 0.15) is 0 Å². The summed E-state index contributed by atoms with van der Waals surface area (Å²) in [5, 5.41) is 3.81. The standard InChI is InChI=1S/C47H92N4O3/c1-5-6-7-8-9-10-11-12-13-14-15-16-29-51-30-17-21-37(2)40-22-23-41-45-42(36-44(47(40,41)4)54-33-20-28-50)46(3)25-24-39(52-31-18-26-48)34-38(46)35-43(45)53-32-19-27-49/h37-45,51H,5-36,48-50H2,1-4H3/t37-,38?,39-,40?,41+,42+,43-,44+,45?,46?,47?/m1/s1. The molecule has 0 aromatic rings. The maximum atomic E-state index is 7.06. The highest BCUT2D eigenvalue weighted by Gasteiger charge is 2.66. The molecule has 5 unspecified atom stereocenters. The van der Waals surface area contributed by atoms with E-state index in [-0.39, 0.29) is 5.41 Å². The minimum Gasteiger partial charge on any atom is -0.378 e. The highest BCUT2D eigenvalue weighted by molar-refractivity contribution is 5.15. The Balaban J connectivity index is 1.31. The predicted octanol–water partition coefficient (Wildman–Crippen LogP) is 9.77. The van der Waals surface area contributed by atoms with Gasteiger partial charge in [0.25, 0.3) is 0 Å². The van der Waals surface area contributed by atoms with Crippen molar-refractivity contribution < 1.29 is 14.2 Å². The van der Waals surface area contributed by atoms with Crippen molar-refractivity contribution in [2.45, 2.75) is 200 Å². The van der Waals surface area contributed by atoms with Crippen molar-refractivity contribution in [2.75, 3.05) is 52.5 Å². The van der Waals surface area contributed by atoms with Gasteiger partial charge in [-0.1, -0.05) is 98.3 Å². The van der Waals surface area contributed by atoms with Crippen LogP contribution in [0.5, 0.6) is 0 Å². The fourth-order valence-corrected chi connectivity index (χ4v) is 12.6. The molecule has 54 heavy (non-hydrogen) atoms. The van der Waals surface area contributed by atoms with Gasteiger partial charge in [0.15, 0.2) is 0 Å². The number of rotatable bonds is 30. The van der Waals surface area contributed by atoms with Crippen LogP contribution >= 0.6 is 0 Å². The monoisotopic (exact) mass is 761 g/mol. The summed E-state index contributed by atoms with van der Waals surface area (Å²) < 4.78 is 20.4. The average molecular weight is 761 g/mol. The van der Waals surface area contributed by atoms with Crippen LogP contribution in [0.15, 0.2) is 0 Å². The van der Waals surface area contributed by atoms with Crippen molar-refractivity contribution in [1.82, 2.24) is 5.32 Å². The first-order valence-electron chi connectivity index (χ1n) is 24.0. The number of fused-ring (bicyclic) bond motifs is 5. The maximum Gasteiger partial charge on any atom is 0.0637 e. The second kappa shape index (κ2) is 25.3. The Labute approximate surface area is 334 Å². The lowest BCUT2D eigenvalue weighted by molar-refractivity contribution is -0.227. The van der Waals surface area contributed by atoms with Gasteiger partial charge in [0, 0.05) is 25.2 Å². The van der Waals surface area contributed by atoms with Crippen LogP contribution in [-0.4, -0.2) is 70.9 Å². The van der Waals surface area contributed by atoms with E-state index in [0.717, 1.165) is 52.0 Å². The fourth-order valence-electron chi connectivity index (χ4n) is 12.6. The number of hydrogen-bond donors (Lipinski definition) is 4. The molecule has 4 aliphatic rings. The molecule has 7 nitrogen and oxygen atoms in total. The summed E-state index contributed by atoms with van der Waals surface area (Å²) in [4.78, 5) is 0. The van der Waals surface area contributed by atoms with E-state index < -0.39 is 0 Å². The SMILES string of the molecule is CCCCCCCCCCCCCCNCCC[C@@H](C)C1CC[C@H]2C3[C@H](OCCCN)CC4C[C@H](OCCCN)CCC4(C)[C@H]3C[C@H](OCCCN)C12C. The third-order valence-corrected chi connectivity index (χ3v) is 15.7. The molecular formula is C47H92N4O3. The number of ether oxygens (including phenoxy) is 3. The Kier molecular flexibility index (Phi) is 21.7. The molecule has 0 bridgehead atoms. The van der Waals surface area contributed by atoms with Gasteiger partial charge in [0.05, 0.1) is 18.3 Å². The molecule has 0 aromatic carbocycles. The van der Waals surface area contributed by atoms with Gasteiger partial charge >= 0.3 is 0 Å². The highest BCUT2D eigenvalue weighted by Crippen LogP contribution is 2.69. The first-order chi connectivity index (χ1) is 26.3. The number of hydrogen-bond acceptors (Lipinski definition) is 7. The molecule has 4 fully saturated rings. The molecule has 4 saturated carbocycles. The van der Waals surface area contributed by atoms with Gasteiger partial charge in [-0.25, -0.2) is 0 Å². The molecule has 0 heterocycles. The molecule has 7 N–H and O–H groups in total. The van der Waals surface area contributed by atoms with Gasteiger partial charge in [-0.15, -0.1) is 0 Å². The number of nitrogens with one attached hydrogen (secondary N) is 1. The second-order valence-corrected chi connectivity index (χ2v) is 19.2. The van der Waals surface area contributed by atoms with Gasteiger partial charge < -0.3 is 36.7 Å². The highest BCUT2D eigenvalue weighted by atomic mass is 16.5. The van der Waals surface area contributed by atoms with Crippen molar-refractivity contribution in [3.8, 4) is 0 Å². The largest absolute Gasteiger partial charge is 0.378 e. The minimum absolute atomic E-state index is 0.179. The van der Waals surface area contributed by atoms with Crippen LogP contribution in [0.3, 0.4) is 0 Å². The summed E-state index contributed by atoms with van der Waals surface area (Å²) in [6.07, 6.45) is 32.0. The minimum atomic E-state index is 0.179. The van der Waals surface area contributed by atoms with Gasteiger partial charge in [-0.2, -0.15) is 0 Å². The topological polar surface area (TPSA) is 118 Å². The third-order valence-electron chi connectivity index (χ3n) is 15.7. The van der Waals surface area contributed by atoms with E-state index in [4.69, 9.17) is 31.4 Å². The van der Waals surface area contributed by atoms with E-state index in [1.165, 1.54) is 135 Å². The van der Waals surface area contributed by atoms with E-state index in [1.54, 1.807) is 0 Å². The second-order valence-electron chi connectivity index (χ2n) is 19.2. The van der Waals surface area contributed by atoms with Gasteiger partial charge in [0.2, 0.25) is 0 Å². The Morgan fingerprint density at radius 2 is 1.22 bits per heavy atom. The molecule has 0 saturated heterocycles. The first-order valence-corrected chi connectivity index (χ1v) is 24.0. The maximum absolute atomic E-state index is 7.06. The lowest BCUT2D eigenvalue weighted by Crippen LogP contribution is -2.63. The van der Waals surface area contributed by atoms with E-state index in [1.807, 2.05) is 0 Å². The zero-order chi connectivity index (χ0) is 38.7. The zero-order valence-corrected chi connectivity index (χ0v) is 36.3. The van der Waals surface area contributed by atoms with Gasteiger partial charge in [-0.05, 0) is 157 Å². The Morgan fingerprint density at radius 3 is 1.87 bits per heavy atom.